The largest absolute Gasteiger partial charge is 0.313 e. The van der Waals surface area contributed by atoms with Gasteiger partial charge >= 0.3 is 0 Å². The predicted octanol–water partition coefficient (Wildman–Crippen LogP) is 7.02. The molecule has 0 bridgehead atoms. The summed E-state index contributed by atoms with van der Waals surface area (Å²) in [6, 6.07) is 0.581. The Morgan fingerprint density at radius 1 is 0.680 bits per heavy atom. The molecule has 0 spiro atoms. The fourth-order valence-corrected chi connectivity index (χ4v) is 5.69. The molecule has 2 unspecified atom stereocenters. The van der Waals surface area contributed by atoms with Crippen LogP contribution in [-0.2, 0) is 0 Å². The molecule has 0 radical (unpaired) electrons. The molecule has 0 aliphatic heterocycles. The highest BCUT2D eigenvalue weighted by molar-refractivity contribution is 7.99. The molecule has 0 saturated heterocycles. The number of hydrogen-bond donors (Lipinski definition) is 0. The van der Waals surface area contributed by atoms with Crippen LogP contribution in [0.3, 0.4) is 0 Å². The van der Waals surface area contributed by atoms with Crippen molar-refractivity contribution in [1.82, 2.24) is 0 Å². The Kier molecular flexibility index (Phi) is 10.4. The van der Waals surface area contributed by atoms with E-state index in [4.69, 9.17) is 13.1 Å². The Morgan fingerprint density at radius 2 is 1.08 bits per heavy atom. The molecule has 0 amide bonds. The van der Waals surface area contributed by atoms with Crippen molar-refractivity contribution >= 4 is 11.8 Å². The summed E-state index contributed by atoms with van der Waals surface area (Å²) in [4.78, 5) is 7.88. The van der Waals surface area contributed by atoms with E-state index in [1.54, 1.807) is 0 Å². The van der Waals surface area contributed by atoms with Gasteiger partial charge in [-0.2, -0.15) is 11.8 Å². The van der Waals surface area contributed by atoms with E-state index in [9.17, 15) is 0 Å². The molecule has 2 aliphatic rings. The van der Waals surface area contributed by atoms with Crippen molar-refractivity contribution in [3.8, 4) is 0 Å². The molecule has 2 atom stereocenters. The molecule has 0 aromatic rings. The summed E-state index contributed by atoms with van der Waals surface area (Å²) in [5, 5.41) is 0. The minimum Gasteiger partial charge on any atom is -0.313 e. The first kappa shape index (κ1) is 20.6. The van der Waals surface area contributed by atoms with Gasteiger partial charge in [0.25, 0.3) is 0 Å². The third-order valence-electron chi connectivity index (χ3n) is 6.30. The second-order valence-electron chi connectivity index (χ2n) is 8.09. The van der Waals surface area contributed by atoms with E-state index in [0.29, 0.717) is 23.9 Å². The van der Waals surface area contributed by atoms with Crippen molar-refractivity contribution in [2.45, 2.75) is 102 Å². The van der Waals surface area contributed by atoms with Crippen LogP contribution >= 0.6 is 11.8 Å². The van der Waals surface area contributed by atoms with Gasteiger partial charge in [-0.15, -0.1) is 0 Å². The van der Waals surface area contributed by atoms with Crippen LogP contribution in [0.4, 0.5) is 0 Å². The van der Waals surface area contributed by atoms with Crippen molar-refractivity contribution in [2.75, 3.05) is 11.5 Å². The summed E-state index contributed by atoms with van der Waals surface area (Å²) >= 11 is 2.05. The molecule has 140 valence electrons. The molecule has 3 heteroatoms. The van der Waals surface area contributed by atoms with Gasteiger partial charge in [0, 0.05) is 24.7 Å². The topological polar surface area (TPSA) is 8.72 Å². The maximum absolute atomic E-state index is 7.50. The van der Waals surface area contributed by atoms with Crippen LogP contribution < -0.4 is 0 Å². The SMILES string of the molecule is [C-]#[N+]C(CCCSCCCC([N+]#[C-])C1CCCCC1)C1CCCCC1. The third-order valence-corrected chi connectivity index (χ3v) is 7.45. The van der Waals surface area contributed by atoms with Crippen molar-refractivity contribution in [3.05, 3.63) is 22.8 Å². The summed E-state index contributed by atoms with van der Waals surface area (Å²) in [5.74, 6) is 3.77. The van der Waals surface area contributed by atoms with Gasteiger partial charge in [-0.1, -0.05) is 38.5 Å². The highest BCUT2D eigenvalue weighted by Crippen LogP contribution is 2.31. The summed E-state index contributed by atoms with van der Waals surface area (Å²) < 4.78 is 0. The summed E-state index contributed by atoms with van der Waals surface area (Å²) in [5.41, 5.74) is 0. The van der Waals surface area contributed by atoms with Gasteiger partial charge < -0.3 is 9.69 Å². The van der Waals surface area contributed by atoms with E-state index in [1.807, 2.05) is 11.8 Å². The van der Waals surface area contributed by atoms with Crippen molar-refractivity contribution in [3.63, 3.8) is 0 Å². The van der Waals surface area contributed by atoms with E-state index in [-0.39, 0.29) is 0 Å². The van der Waals surface area contributed by atoms with Gasteiger partial charge in [-0.25, -0.2) is 13.1 Å². The van der Waals surface area contributed by atoms with E-state index in [0.717, 1.165) is 12.8 Å². The van der Waals surface area contributed by atoms with Crippen LogP contribution in [-0.4, -0.2) is 23.6 Å². The molecule has 0 N–H and O–H groups in total. The Bertz CT molecular complexity index is 384. The fourth-order valence-electron chi connectivity index (χ4n) is 4.74. The Hall–Kier alpha value is -0.670. The quantitative estimate of drug-likeness (QED) is 0.300. The maximum atomic E-state index is 7.50. The van der Waals surface area contributed by atoms with Gasteiger partial charge in [0.2, 0.25) is 12.1 Å². The average Bonchev–Trinajstić information content (AvgIpc) is 2.68. The standard InChI is InChI=1S/C22H36N2S/c1-23-21(19-11-5-3-6-12-19)15-9-17-25-18-10-16-22(24-2)20-13-7-4-8-14-20/h19-22H,3-18H2. The zero-order chi connectivity index (χ0) is 17.7. The second kappa shape index (κ2) is 12.6. The molecule has 2 nitrogen and oxygen atoms in total. The first-order chi connectivity index (χ1) is 12.3. The number of hydrogen-bond acceptors (Lipinski definition) is 1. The Labute approximate surface area is 160 Å². The van der Waals surface area contributed by atoms with Crippen LogP contribution in [0.25, 0.3) is 9.69 Å². The summed E-state index contributed by atoms with van der Waals surface area (Å²) in [6.07, 6.45) is 17.9. The van der Waals surface area contributed by atoms with Gasteiger partial charge in [0.15, 0.2) is 0 Å². The van der Waals surface area contributed by atoms with Gasteiger partial charge in [-0.05, 0) is 50.0 Å². The Morgan fingerprint density at radius 3 is 1.44 bits per heavy atom. The minimum atomic E-state index is 0.290. The highest BCUT2D eigenvalue weighted by Gasteiger charge is 2.28. The molecule has 25 heavy (non-hydrogen) atoms. The smallest absolute Gasteiger partial charge is 0.226 e. The average molecular weight is 361 g/mol. The van der Waals surface area contributed by atoms with Crippen LogP contribution in [0.2, 0.25) is 0 Å². The number of thioether (sulfide) groups is 1. The molecule has 2 fully saturated rings. The van der Waals surface area contributed by atoms with Gasteiger partial charge in [0.1, 0.15) is 0 Å². The lowest BCUT2D eigenvalue weighted by Gasteiger charge is -2.22. The predicted molar refractivity (Wildman–Crippen MR) is 110 cm³/mol. The molecule has 2 saturated carbocycles. The van der Waals surface area contributed by atoms with Crippen LogP contribution in [0.5, 0.6) is 0 Å². The lowest BCUT2D eigenvalue weighted by molar-refractivity contribution is 0.317. The van der Waals surface area contributed by atoms with Crippen molar-refractivity contribution < 1.29 is 0 Å². The van der Waals surface area contributed by atoms with Crippen molar-refractivity contribution in [1.29, 1.82) is 0 Å². The molecule has 0 aromatic heterocycles. The third kappa shape index (κ3) is 7.62. The van der Waals surface area contributed by atoms with Crippen LogP contribution in [0.15, 0.2) is 0 Å². The van der Waals surface area contributed by atoms with Crippen LogP contribution in [0, 0.1) is 25.0 Å². The molecule has 2 aliphatic carbocycles. The number of rotatable bonds is 10. The number of nitrogens with zero attached hydrogens (tertiary/aromatic N) is 2. The maximum Gasteiger partial charge on any atom is 0.226 e. The van der Waals surface area contributed by atoms with Crippen LogP contribution in [0.1, 0.15) is 89.9 Å². The van der Waals surface area contributed by atoms with Gasteiger partial charge in [-0.3, -0.25) is 0 Å². The summed E-state index contributed by atoms with van der Waals surface area (Å²) in [7, 11) is 0. The molecule has 0 heterocycles. The van der Waals surface area contributed by atoms with E-state index >= 15 is 0 Å². The molecule has 2 rings (SSSR count). The lowest BCUT2D eigenvalue weighted by atomic mass is 9.82. The van der Waals surface area contributed by atoms with E-state index in [2.05, 4.69) is 9.69 Å². The monoisotopic (exact) mass is 360 g/mol. The molecular weight excluding hydrogens is 324 g/mol. The van der Waals surface area contributed by atoms with Gasteiger partial charge in [0.05, 0.1) is 0 Å². The fraction of sp³-hybridized carbons (Fsp3) is 0.909. The first-order valence-corrected chi connectivity index (χ1v) is 11.8. The minimum absolute atomic E-state index is 0.290. The highest BCUT2D eigenvalue weighted by atomic mass is 32.2. The lowest BCUT2D eigenvalue weighted by Crippen LogP contribution is -2.20. The first-order valence-electron chi connectivity index (χ1n) is 10.7. The summed E-state index contributed by atoms with van der Waals surface area (Å²) in [6.45, 7) is 15.0. The molecular formula is C22H36N2S. The zero-order valence-corrected chi connectivity index (χ0v) is 16.7. The normalized spacial score (nSPS) is 22.0. The van der Waals surface area contributed by atoms with E-state index < -0.39 is 0 Å². The zero-order valence-electron chi connectivity index (χ0n) is 15.9. The van der Waals surface area contributed by atoms with E-state index in [1.165, 1.54) is 88.6 Å². The van der Waals surface area contributed by atoms with Crippen molar-refractivity contribution in [2.24, 2.45) is 11.8 Å². The molecule has 0 aromatic carbocycles. The Balaban J connectivity index is 1.51. The second-order valence-corrected chi connectivity index (χ2v) is 9.31.